The lowest BCUT2D eigenvalue weighted by molar-refractivity contribution is -0.132. The number of amides is 1. The molecule has 2 aromatic carbocycles. The van der Waals surface area contributed by atoms with E-state index in [4.69, 9.17) is 0 Å². The van der Waals surface area contributed by atoms with E-state index < -0.39 is 0 Å². The second-order valence-corrected chi connectivity index (χ2v) is 8.07. The zero-order valence-corrected chi connectivity index (χ0v) is 17.3. The number of carbonyl (C=O) groups is 1. The maximum atomic E-state index is 14.0. The number of benzene rings is 2. The molecule has 0 saturated heterocycles. The lowest BCUT2D eigenvalue weighted by Crippen LogP contribution is -2.35. The number of aromatic nitrogens is 2. The number of nitrogens with zero attached hydrogens (tertiary/aromatic N) is 2. The quantitative estimate of drug-likeness (QED) is 0.484. The van der Waals surface area contributed by atoms with Gasteiger partial charge in [0, 0.05) is 36.6 Å². The predicted molar refractivity (Wildman–Crippen MR) is 120 cm³/mol. The Morgan fingerprint density at radius 3 is 2.74 bits per heavy atom. The number of pyridine rings is 1. The Bertz CT molecular complexity index is 1230. The molecule has 5 heteroatoms. The van der Waals surface area contributed by atoms with Crippen LogP contribution in [0.4, 0.5) is 4.39 Å². The molecule has 5 rings (SSSR count). The van der Waals surface area contributed by atoms with Crippen LogP contribution in [0.1, 0.15) is 29.5 Å². The predicted octanol–water partition coefficient (Wildman–Crippen LogP) is 5.28. The van der Waals surface area contributed by atoms with Crippen LogP contribution in [0.2, 0.25) is 0 Å². The SMILES string of the molecule is O=C(CCCc1c(-c2ccccn2)[nH]c2ccc(F)cc12)N1CCc2ccccc2C1. The molecule has 4 aromatic rings. The Balaban J connectivity index is 1.33. The van der Waals surface area contributed by atoms with Gasteiger partial charge in [0.1, 0.15) is 5.82 Å². The number of aromatic amines is 1. The minimum Gasteiger partial charge on any atom is -0.353 e. The van der Waals surface area contributed by atoms with Crippen molar-refractivity contribution in [2.75, 3.05) is 6.54 Å². The molecule has 0 saturated carbocycles. The Kier molecular flexibility index (Phi) is 5.24. The van der Waals surface area contributed by atoms with Gasteiger partial charge in [-0.3, -0.25) is 9.78 Å². The number of H-pyrrole nitrogens is 1. The fraction of sp³-hybridized carbons (Fsp3) is 0.231. The van der Waals surface area contributed by atoms with E-state index in [-0.39, 0.29) is 11.7 Å². The summed E-state index contributed by atoms with van der Waals surface area (Å²) in [6.07, 6.45) is 4.54. The number of aryl methyl sites for hydroxylation is 1. The number of halogens is 1. The lowest BCUT2D eigenvalue weighted by Gasteiger charge is -2.29. The van der Waals surface area contributed by atoms with E-state index in [0.717, 1.165) is 40.8 Å². The summed E-state index contributed by atoms with van der Waals surface area (Å²) in [6, 6.07) is 18.9. The van der Waals surface area contributed by atoms with Crippen molar-refractivity contribution < 1.29 is 9.18 Å². The molecule has 0 unspecified atom stereocenters. The highest BCUT2D eigenvalue weighted by atomic mass is 19.1. The van der Waals surface area contributed by atoms with Crippen molar-refractivity contribution in [3.63, 3.8) is 0 Å². The second kappa shape index (κ2) is 8.34. The molecule has 1 aliphatic heterocycles. The van der Waals surface area contributed by atoms with E-state index in [0.29, 0.717) is 25.8 Å². The van der Waals surface area contributed by atoms with Crippen LogP contribution in [0, 0.1) is 5.82 Å². The third-order valence-corrected chi connectivity index (χ3v) is 6.09. The van der Waals surface area contributed by atoms with E-state index in [9.17, 15) is 9.18 Å². The zero-order chi connectivity index (χ0) is 21.2. The van der Waals surface area contributed by atoms with Gasteiger partial charge in [-0.2, -0.15) is 0 Å². The van der Waals surface area contributed by atoms with Crippen LogP contribution in [0.25, 0.3) is 22.3 Å². The molecule has 4 nitrogen and oxygen atoms in total. The number of rotatable bonds is 5. The first-order chi connectivity index (χ1) is 15.2. The number of fused-ring (bicyclic) bond motifs is 2. The fourth-order valence-corrected chi connectivity index (χ4v) is 4.49. The fourth-order valence-electron chi connectivity index (χ4n) is 4.49. The van der Waals surface area contributed by atoms with Crippen molar-refractivity contribution in [2.24, 2.45) is 0 Å². The Hall–Kier alpha value is -3.47. The summed E-state index contributed by atoms with van der Waals surface area (Å²) in [6.45, 7) is 1.46. The van der Waals surface area contributed by atoms with E-state index in [1.54, 1.807) is 18.3 Å². The summed E-state index contributed by atoms with van der Waals surface area (Å²) in [7, 11) is 0. The summed E-state index contributed by atoms with van der Waals surface area (Å²) >= 11 is 0. The standard InChI is InChI=1S/C26H24FN3O/c27-20-11-12-23-22(16-20)21(26(29-23)24-9-3-4-14-28-24)8-5-10-25(31)30-15-13-18-6-1-2-7-19(18)17-30/h1-4,6-7,9,11-12,14,16,29H,5,8,10,13,15,17H2. The number of carbonyl (C=O) groups excluding carboxylic acids is 1. The molecule has 1 aliphatic rings. The van der Waals surface area contributed by atoms with Crippen molar-refractivity contribution in [1.29, 1.82) is 0 Å². The van der Waals surface area contributed by atoms with E-state index >= 15 is 0 Å². The van der Waals surface area contributed by atoms with Gasteiger partial charge < -0.3 is 9.88 Å². The highest BCUT2D eigenvalue weighted by molar-refractivity contribution is 5.90. The third kappa shape index (κ3) is 3.96. The van der Waals surface area contributed by atoms with Crippen molar-refractivity contribution in [2.45, 2.75) is 32.2 Å². The smallest absolute Gasteiger partial charge is 0.222 e. The first-order valence-electron chi connectivity index (χ1n) is 10.7. The molecule has 0 bridgehead atoms. The van der Waals surface area contributed by atoms with Gasteiger partial charge in [-0.1, -0.05) is 30.3 Å². The maximum absolute atomic E-state index is 14.0. The van der Waals surface area contributed by atoms with Crippen LogP contribution in [0.5, 0.6) is 0 Å². The van der Waals surface area contributed by atoms with Crippen molar-refractivity contribution in [1.82, 2.24) is 14.9 Å². The molecule has 1 amide bonds. The Morgan fingerprint density at radius 1 is 1.06 bits per heavy atom. The maximum Gasteiger partial charge on any atom is 0.222 e. The van der Waals surface area contributed by atoms with Crippen LogP contribution < -0.4 is 0 Å². The molecule has 2 aromatic heterocycles. The highest BCUT2D eigenvalue weighted by Gasteiger charge is 2.21. The van der Waals surface area contributed by atoms with E-state index in [1.807, 2.05) is 29.2 Å². The molecule has 0 spiro atoms. The van der Waals surface area contributed by atoms with Gasteiger partial charge in [0.25, 0.3) is 0 Å². The van der Waals surface area contributed by atoms with Crippen LogP contribution in [0.15, 0.2) is 66.9 Å². The van der Waals surface area contributed by atoms with Gasteiger partial charge in [-0.05, 0) is 66.3 Å². The third-order valence-electron chi connectivity index (χ3n) is 6.09. The molecule has 0 fully saturated rings. The molecule has 0 radical (unpaired) electrons. The monoisotopic (exact) mass is 413 g/mol. The zero-order valence-electron chi connectivity index (χ0n) is 17.3. The van der Waals surface area contributed by atoms with E-state index in [1.165, 1.54) is 17.2 Å². The van der Waals surface area contributed by atoms with Crippen molar-refractivity contribution >= 4 is 16.8 Å². The van der Waals surface area contributed by atoms with Crippen LogP contribution in [-0.2, 0) is 24.2 Å². The molecule has 0 atom stereocenters. The van der Waals surface area contributed by atoms with Gasteiger partial charge in [0.2, 0.25) is 5.91 Å². The minimum absolute atomic E-state index is 0.180. The summed E-state index contributed by atoms with van der Waals surface area (Å²) in [5.41, 5.74) is 6.22. The van der Waals surface area contributed by atoms with Gasteiger partial charge >= 0.3 is 0 Å². The van der Waals surface area contributed by atoms with Gasteiger partial charge in [0.15, 0.2) is 0 Å². The molecule has 3 heterocycles. The molecule has 31 heavy (non-hydrogen) atoms. The summed E-state index contributed by atoms with van der Waals surface area (Å²) < 4.78 is 14.0. The molecular weight excluding hydrogens is 389 g/mol. The van der Waals surface area contributed by atoms with Gasteiger partial charge in [-0.25, -0.2) is 4.39 Å². The number of nitrogens with one attached hydrogen (secondary N) is 1. The summed E-state index contributed by atoms with van der Waals surface area (Å²) in [4.78, 5) is 22.7. The minimum atomic E-state index is -0.261. The average Bonchev–Trinajstić information content (AvgIpc) is 3.17. The lowest BCUT2D eigenvalue weighted by atomic mass is 9.99. The molecular formula is C26H24FN3O. The van der Waals surface area contributed by atoms with E-state index in [2.05, 4.69) is 28.2 Å². The number of hydrogen-bond acceptors (Lipinski definition) is 2. The van der Waals surface area contributed by atoms with Gasteiger partial charge in [0.05, 0.1) is 11.4 Å². The highest BCUT2D eigenvalue weighted by Crippen LogP contribution is 2.31. The largest absolute Gasteiger partial charge is 0.353 e. The Morgan fingerprint density at radius 2 is 1.90 bits per heavy atom. The first kappa shape index (κ1) is 19.5. The first-order valence-corrected chi connectivity index (χ1v) is 10.7. The topological polar surface area (TPSA) is 49.0 Å². The van der Waals surface area contributed by atoms with Crippen LogP contribution in [0.3, 0.4) is 0 Å². The summed E-state index contributed by atoms with van der Waals surface area (Å²) in [5.74, 6) is -0.0803. The van der Waals surface area contributed by atoms with Crippen LogP contribution >= 0.6 is 0 Å². The number of hydrogen-bond donors (Lipinski definition) is 1. The normalized spacial score (nSPS) is 13.4. The molecule has 1 N–H and O–H groups in total. The average molecular weight is 413 g/mol. The van der Waals surface area contributed by atoms with Crippen molar-refractivity contribution in [3.05, 3.63) is 89.4 Å². The Labute approximate surface area is 180 Å². The molecule has 0 aliphatic carbocycles. The van der Waals surface area contributed by atoms with Crippen LogP contribution in [-0.4, -0.2) is 27.3 Å². The van der Waals surface area contributed by atoms with Crippen molar-refractivity contribution in [3.8, 4) is 11.4 Å². The second-order valence-electron chi connectivity index (χ2n) is 8.07. The summed E-state index contributed by atoms with van der Waals surface area (Å²) in [5, 5.41) is 0.861. The van der Waals surface area contributed by atoms with Gasteiger partial charge in [-0.15, -0.1) is 0 Å². The molecule has 156 valence electrons.